The molecule has 0 bridgehead atoms. The third-order valence-corrected chi connectivity index (χ3v) is 16.3. The molecule has 0 saturated carbocycles. The summed E-state index contributed by atoms with van der Waals surface area (Å²) in [6.07, 6.45) is 3.61. The number of hydrogen-bond acceptors (Lipinski definition) is 4. The Morgan fingerprint density at radius 3 is 1.16 bits per heavy atom. The van der Waals surface area contributed by atoms with Crippen LogP contribution in [0.5, 0.6) is 11.5 Å². The highest BCUT2D eigenvalue weighted by atomic mass is 28.4. The van der Waals surface area contributed by atoms with Gasteiger partial charge in [0.1, 0.15) is 24.7 Å². The van der Waals surface area contributed by atoms with Gasteiger partial charge in [-0.1, -0.05) is 66.9 Å². The Morgan fingerprint density at radius 2 is 0.906 bits per heavy atom. The van der Waals surface area contributed by atoms with E-state index in [-0.39, 0.29) is 0 Å². The zero-order chi connectivity index (χ0) is 24.0. The Balaban J connectivity index is 2.76. The second kappa shape index (κ2) is 14.7. The van der Waals surface area contributed by atoms with E-state index in [1.165, 1.54) is 0 Å². The Morgan fingerprint density at radius 1 is 0.594 bits per heavy atom. The van der Waals surface area contributed by atoms with Gasteiger partial charge in [0.05, 0.1) is 13.2 Å². The first-order chi connectivity index (χ1) is 15.4. The van der Waals surface area contributed by atoms with Crippen LogP contribution in [0.4, 0.5) is 0 Å². The van der Waals surface area contributed by atoms with E-state index in [2.05, 4.69) is 54.7 Å². The minimum atomic E-state index is -1.59. The van der Waals surface area contributed by atoms with Crippen LogP contribution in [0.15, 0.2) is 25.3 Å². The van der Waals surface area contributed by atoms with Gasteiger partial charge in [-0.25, -0.2) is 0 Å². The second-order valence-corrected chi connectivity index (χ2v) is 17.8. The van der Waals surface area contributed by atoms with E-state index in [4.69, 9.17) is 18.3 Å². The average molecular weight is 479 g/mol. The minimum absolute atomic E-state index is 0.526. The monoisotopic (exact) mass is 478 g/mol. The molecule has 0 aromatic heterocycles. The summed E-state index contributed by atoms with van der Waals surface area (Å²) in [5.41, 5.74) is 1.83. The molecule has 0 N–H and O–H groups in total. The van der Waals surface area contributed by atoms with Crippen molar-refractivity contribution in [1.82, 2.24) is 0 Å². The molecule has 0 fully saturated rings. The lowest BCUT2D eigenvalue weighted by molar-refractivity contribution is 0.204. The van der Waals surface area contributed by atoms with Gasteiger partial charge in [-0.2, -0.15) is 0 Å². The van der Waals surface area contributed by atoms with Crippen molar-refractivity contribution in [3.05, 3.63) is 36.4 Å². The normalized spacial score (nSPS) is 11.9. The molecule has 0 aliphatic heterocycles. The number of benzene rings is 1. The largest absolute Gasteiger partial charge is 0.491 e. The maximum absolute atomic E-state index is 6.31. The van der Waals surface area contributed by atoms with Crippen molar-refractivity contribution in [1.29, 1.82) is 0 Å². The van der Waals surface area contributed by atoms with Crippen LogP contribution in [0, 0.1) is 0 Å². The van der Waals surface area contributed by atoms with Gasteiger partial charge >= 0.3 is 0 Å². The first-order valence-corrected chi connectivity index (χ1v) is 17.4. The molecule has 1 aromatic carbocycles. The SMILES string of the molecule is C=Cc1cc(OCCO[Si](CC)(CC)CC)c(C=C)cc1OCCO[Si](CC)(CC)CC. The number of ether oxygens (including phenoxy) is 2. The summed E-state index contributed by atoms with van der Waals surface area (Å²) in [6.45, 7) is 23.6. The summed E-state index contributed by atoms with van der Waals surface area (Å²) in [5, 5.41) is 0. The van der Waals surface area contributed by atoms with Gasteiger partial charge in [-0.15, -0.1) is 0 Å². The first-order valence-electron chi connectivity index (χ1n) is 12.4. The summed E-state index contributed by atoms with van der Waals surface area (Å²) in [5.74, 6) is 1.57. The lowest BCUT2D eigenvalue weighted by atomic mass is 10.1. The molecule has 182 valence electrons. The van der Waals surface area contributed by atoms with Crippen LogP contribution in [0.1, 0.15) is 52.7 Å². The third-order valence-electron chi connectivity index (χ3n) is 6.95. The molecule has 6 heteroatoms. The minimum Gasteiger partial charge on any atom is -0.491 e. The van der Waals surface area contributed by atoms with Gasteiger partial charge in [0.25, 0.3) is 0 Å². The van der Waals surface area contributed by atoms with E-state index in [1.807, 2.05) is 12.1 Å². The topological polar surface area (TPSA) is 36.9 Å². The van der Waals surface area contributed by atoms with Crippen LogP contribution >= 0.6 is 0 Å². The summed E-state index contributed by atoms with van der Waals surface area (Å²) in [4.78, 5) is 0. The number of rotatable bonds is 18. The maximum Gasteiger partial charge on any atom is 0.192 e. The highest BCUT2D eigenvalue weighted by molar-refractivity contribution is 6.73. The van der Waals surface area contributed by atoms with E-state index in [9.17, 15) is 0 Å². The van der Waals surface area contributed by atoms with E-state index in [0.29, 0.717) is 26.4 Å². The molecule has 0 heterocycles. The average Bonchev–Trinajstić information content (AvgIpc) is 2.85. The fourth-order valence-electron chi connectivity index (χ4n) is 4.09. The van der Waals surface area contributed by atoms with Crippen LogP contribution in [-0.2, 0) is 8.85 Å². The fraction of sp³-hybridized carbons (Fsp3) is 0.615. The van der Waals surface area contributed by atoms with Crippen molar-refractivity contribution in [2.75, 3.05) is 26.4 Å². The van der Waals surface area contributed by atoms with E-state index < -0.39 is 16.6 Å². The zero-order valence-electron chi connectivity index (χ0n) is 21.4. The van der Waals surface area contributed by atoms with Crippen LogP contribution in [0.2, 0.25) is 36.3 Å². The predicted molar refractivity (Wildman–Crippen MR) is 144 cm³/mol. The van der Waals surface area contributed by atoms with E-state index in [0.717, 1.165) is 58.9 Å². The van der Waals surface area contributed by atoms with Crippen molar-refractivity contribution in [2.24, 2.45) is 0 Å². The van der Waals surface area contributed by atoms with Crippen LogP contribution in [0.25, 0.3) is 12.2 Å². The molecule has 0 spiro atoms. The van der Waals surface area contributed by atoms with Gasteiger partial charge in [0.15, 0.2) is 16.6 Å². The van der Waals surface area contributed by atoms with Crippen LogP contribution in [-0.4, -0.2) is 43.1 Å². The smallest absolute Gasteiger partial charge is 0.192 e. The molecule has 0 saturated heterocycles. The van der Waals surface area contributed by atoms with Crippen LogP contribution in [0.3, 0.4) is 0 Å². The lowest BCUT2D eigenvalue weighted by Crippen LogP contribution is -2.37. The summed E-state index contributed by atoms with van der Waals surface area (Å²) >= 11 is 0. The van der Waals surface area contributed by atoms with Crippen LogP contribution < -0.4 is 9.47 Å². The molecule has 1 rings (SSSR count). The van der Waals surface area contributed by atoms with Gasteiger partial charge in [-0.05, 0) is 48.4 Å². The molecule has 0 unspecified atom stereocenters. The highest BCUT2D eigenvalue weighted by Gasteiger charge is 2.29. The summed E-state index contributed by atoms with van der Waals surface area (Å²) in [7, 11) is -3.18. The molecule has 0 radical (unpaired) electrons. The molecular formula is C26H46O4Si2. The van der Waals surface area contributed by atoms with Crippen molar-refractivity contribution >= 4 is 28.8 Å². The van der Waals surface area contributed by atoms with Gasteiger partial charge in [0.2, 0.25) is 0 Å². The molecule has 1 aromatic rings. The Hall–Kier alpha value is -1.35. The third kappa shape index (κ3) is 7.90. The van der Waals surface area contributed by atoms with Gasteiger partial charge in [-0.3, -0.25) is 0 Å². The molecule has 0 amide bonds. The maximum atomic E-state index is 6.31. The Labute approximate surface area is 199 Å². The van der Waals surface area contributed by atoms with Crippen molar-refractivity contribution in [2.45, 2.75) is 77.8 Å². The molecule has 32 heavy (non-hydrogen) atoms. The first kappa shape index (κ1) is 28.7. The standard InChI is InChI=1S/C26H46O4Si2/c1-9-23-21-26(28-18-20-30-32(14-6,15-7)16-8)24(10-2)22-25(23)27-17-19-29-31(11-3,12-4)13-5/h9-10,21-22H,1-2,11-20H2,3-8H3. The molecule has 4 nitrogen and oxygen atoms in total. The summed E-state index contributed by atoms with van der Waals surface area (Å²) in [6, 6.07) is 10.8. The van der Waals surface area contributed by atoms with Gasteiger partial charge < -0.3 is 18.3 Å². The fourth-order valence-corrected chi connectivity index (χ4v) is 9.35. The zero-order valence-corrected chi connectivity index (χ0v) is 23.4. The van der Waals surface area contributed by atoms with E-state index >= 15 is 0 Å². The molecule has 0 atom stereocenters. The predicted octanol–water partition coefficient (Wildman–Crippen LogP) is 7.77. The van der Waals surface area contributed by atoms with E-state index in [1.54, 1.807) is 12.2 Å². The molecule has 0 aliphatic carbocycles. The Bertz CT molecular complexity index is 621. The van der Waals surface area contributed by atoms with Crippen molar-refractivity contribution in [3.63, 3.8) is 0 Å². The lowest BCUT2D eigenvalue weighted by Gasteiger charge is -2.28. The molecular weight excluding hydrogens is 432 g/mol. The quantitative estimate of drug-likeness (QED) is 0.159. The van der Waals surface area contributed by atoms with Crippen molar-refractivity contribution in [3.8, 4) is 11.5 Å². The van der Waals surface area contributed by atoms with Crippen molar-refractivity contribution < 1.29 is 18.3 Å². The Kier molecular flexibility index (Phi) is 13.2. The highest BCUT2D eigenvalue weighted by Crippen LogP contribution is 2.31. The molecule has 0 aliphatic rings. The number of hydrogen-bond donors (Lipinski definition) is 0. The van der Waals surface area contributed by atoms with Gasteiger partial charge in [0, 0.05) is 11.1 Å². The second-order valence-electron chi connectivity index (χ2n) is 8.22. The summed E-state index contributed by atoms with van der Waals surface area (Å²) < 4.78 is 24.8.